The second kappa shape index (κ2) is 12.3. The van der Waals surface area contributed by atoms with E-state index in [-0.39, 0.29) is 19.0 Å². The first kappa shape index (κ1) is 22.9. The third-order valence-corrected chi connectivity index (χ3v) is 2.84. The summed E-state index contributed by atoms with van der Waals surface area (Å²) >= 11 is 0. The Morgan fingerprint density at radius 3 is 2.15 bits per heavy atom. The van der Waals surface area contributed by atoms with Crippen LogP contribution in [0.5, 0.6) is 11.5 Å². The normalized spacial score (nSPS) is 11.1. The van der Waals surface area contributed by atoms with Gasteiger partial charge in [0.1, 0.15) is 11.5 Å². The van der Waals surface area contributed by atoms with E-state index in [9.17, 15) is 19.5 Å². The quantitative estimate of drug-likeness (QED) is 0.380. The van der Waals surface area contributed by atoms with E-state index in [1.54, 1.807) is 18.2 Å². The molecule has 0 saturated heterocycles. The largest absolute Gasteiger partial charge is 0.497 e. The zero-order valence-electron chi connectivity index (χ0n) is 14.3. The number of carbonyl (C=O) groups is 3. The van der Waals surface area contributed by atoms with Gasteiger partial charge in [-0.25, -0.2) is 9.59 Å². The molecule has 1 aromatic rings. The second-order valence-corrected chi connectivity index (χ2v) is 4.64. The van der Waals surface area contributed by atoms with E-state index in [1.807, 2.05) is 0 Å². The molecule has 6 N–H and O–H groups in total. The van der Waals surface area contributed by atoms with Gasteiger partial charge >= 0.3 is 11.9 Å². The fourth-order valence-electron chi connectivity index (χ4n) is 1.64. The zero-order chi connectivity index (χ0) is 20.1. The number of ether oxygens (including phenoxy) is 2. The number of aliphatic hydroxyl groups is 1. The lowest BCUT2D eigenvalue weighted by Gasteiger charge is -2.16. The van der Waals surface area contributed by atoms with E-state index >= 15 is 0 Å². The van der Waals surface area contributed by atoms with Crippen LogP contribution in [-0.2, 0) is 14.4 Å². The summed E-state index contributed by atoms with van der Waals surface area (Å²) in [5.74, 6) is -1.70. The summed E-state index contributed by atoms with van der Waals surface area (Å²) in [5.41, 5.74) is 5.71. The topological polar surface area (TPSA) is 168 Å². The Hall–Kier alpha value is -3.11. The minimum Gasteiger partial charge on any atom is -0.497 e. The lowest BCUT2D eigenvalue weighted by molar-refractivity contribution is -0.134. The molecule has 1 atom stereocenters. The van der Waals surface area contributed by atoms with Gasteiger partial charge in [-0.2, -0.15) is 0 Å². The molecule has 0 spiro atoms. The van der Waals surface area contributed by atoms with Crippen molar-refractivity contribution in [2.75, 3.05) is 27.3 Å². The van der Waals surface area contributed by atoms with E-state index in [2.05, 4.69) is 5.32 Å². The highest BCUT2D eigenvalue weighted by Gasteiger charge is 2.15. The van der Waals surface area contributed by atoms with Gasteiger partial charge in [0.25, 0.3) is 0 Å². The molecule has 1 unspecified atom stereocenters. The molecule has 1 aromatic carbocycles. The summed E-state index contributed by atoms with van der Waals surface area (Å²) in [6.45, 7) is -0.0402. The van der Waals surface area contributed by atoms with Crippen LogP contribution in [0.15, 0.2) is 30.4 Å². The molecule has 0 aliphatic heterocycles. The summed E-state index contributed by atoms with van der Waals surface area (Å²) in [6.07, 6.45) is 0.232. The Morgan fingerprint density at radius 2 is 1.73 bits per heavy atom. The number of nitrogens with one attached hydrogen (secondary N) is 1. The average Bonchev–Trinajstić information content (AvgIpc) is 2.63. The number of benzene rings is 1. The van der Waals surface area contributed by atoms with Crippen molar-refractivity contribution in [1.29, 1.82) is 0 Å². The van der Waals surface area contributed by atoms with Crippen LogP contribution in [0.1, 0.15) is 11.7 Å². The van der Waals surface area contributed by atoms with Crippen molar-refractivity contribution in [3.05, 3.63) is 35.9 Å². The second-order valence-electron chi connectivity index (χ2n) is 4.64. The monoisotopic (exact) mass is 370 g/mol. The van der Waals surface area contributed by atoms with Crippen LogP contribution in [0, 0.1) is 0 Å². The molecule has 144 valence electrons. The standard InChI is InChI=1S/C12H18N2O4.C4H4O4/c1-17-8-3-4-11(18-2)9(5-8)10(15)7-14-12(16)6-13;5-3(6)1-2-4(7)8/h3-5,10,15H,6-7,13H2,1-2H3,(H,14,16);1-2H,(H,5,6)(H,7,8)/b;2-1-. The van der Waals surface area contributed by atoms with Crippen molar-refractivity contribution in [2.24, 2.45) is 5.73 Å². The molecule has 0 aliphatic carbocycles. The number of aliphatic carboxylic acids is 2. The number of carboxylic acids is 2. The maximum atomic E-state index is 11.0. The van der Waals surface area contributed by atoms with E-state index in [1.165, 1.54) is 14.2 Å². The molecule has 0 aromatic heterocycles. The molecule has 0 saturated carbocycles. The molecule has 0 aliphatic rings. The van der Waals surface area contributed by atoms with Gasteiger partial charge in [0.15, 0.2) is 0 Å². The molecule has 26 heavy (non-hydrogen) atoms. The average molecular weight is 370 g/mol. The SMILES string of the molecule is COc1ccc(OC)c(C(O)CNC(=O)CN)c1.O=C(O)/C=C\C(=O)O. The lowest BCUT2D eigenvalue weighted by Crippen LogP contribution is -2.33. The van der Waals surface area contributed by atoms with Crippen LogP contribution in [0.2, 0.25) is 0 Å². The number of carboxylic acid groups (broad SMARTS) is 2. The first-order valence-electron chi connectivity index (χ1n) is 7.25. The molecule has 0 bridgehead atoms. The number of hydrogen-bond acceptors (Lipinski definition) is 7. The molecule has 1 amide bonds. The maximum absolute atomic E-state index is 11.0. The van der Waals surface area contributed by atoms with Crippen molar-refractivity contribution in [3.8, 4) is 11.5 Å². The van der Waals surface area contributed by atoms with Crippen LogP contribution >= 0.6 is 0 Å². The highest BCUT2D eigenvalue weighted by molar-refractivity contribution is 5.89. The van der Waals surface area contributed by atoms with E-state index in [0.717, 1.165) is 0 Å². The zero-order valence-corrected chi connectivity index (χ0v) is 14.3. The Bertz CT molecular complexity index is 629. The fraction of sp³-hybridized carbons (Fsp3) is 0.312. The summed E-state index contributed by atoms with van der Waals surface area (Å²) in [4.78, 5) is 30.1. The Labute approximate surface area is 149 Å². The van der Waals surface area contributed by atoms with Crippen LogP contribution in [0.3, 0.4) is 0 Å². The Kier molecular flexibility index (Phi) is 10.8. The lowest BCUT2D eigenvalue weighted by atomic mass is 10.1. The Morgan fingerprint density at radius 1 is 1.15 bits per heavy atom. The van der Waals surface area contributed by atoms with Gasteiger partial charge in [0.2, 0.25) is 5.91 Å². The van der Waals surface area contributed by atoms with Crippen molar-refractivity contribution in [2.45, 2.75) is 6.10 Å². The van der Waals surface area contributed by atoms with Gasteiger partial charge in [-0.05, 0) is 18.2 Å². The number of nitrogens with two attached hydrogens (primary N) is 1. The van der Waals surface area contributed by atoms with Crippen molar-refractivity contribution in [1.82, 2.24) is 5.32 Å². The Balaban J connectivity index is 0.000000660. The maximum Gasteiger partial charge on any atom is 0.328 e. The van der Waals surface area contributed by atoms with Gasteiger partial charge in [-0.15, -0.1) is 0 Å². The van der Waals surface area contributed by atoms with Crippen molar-refractivity contribution < 1.29 is 39.2 Å². The van der Waals surface area contributed by atoms with Gasteiger partial charge in [0, 0.05) is 24.3 Å². The van der Waals surface area contributed by atoms with Crippen molar-refractivity contribution in [3.63, 3.8) is 0 Å². The first-order chi connectivity index (χ1) is 12.2. The predicted molar refractivity (Wildman–Crippen MR) is 91.0 cm³/mol. The van der Waals surface area contributed by atoms with Crippen molar-refractivity contribution >= 4 is 17.8 Å². The number of hydrogen-bond donors (Lipinski definition) is 5. The third kappa shape index (κ3) is 9.25. The van der Waals surface area contributed by atoms with Crippen LogP contribution in [0.25, 0.3) is 0 Å². The number of methoxy groups -OCH3 is 2. The molecular formula is C16H22N2O8. The number of rotatable bonds is 8. The van der Waals surface area contributed by atoms with E-state index < -0.39 is 18.0 Å². The van der Waals surface area contributed by atoms with Gasteiger partial charge in [-0.1, -0.05) is 0 Å². The third-order valence-electron chi connectivity index (χ3n) is 2.84. The molecule has 0 fully saturated rings. The summed E-state index contributed by atoms with van der Waals surface area (Å²) < 4.78 is 10.2. The van der Waals surface area contributed by atoms with E-state index in [4.69, 9.17) is 25.4 Å². The predicted octanol–water partition coefficient (Wildman–Crippen LogP) is -0.476. The summed E-state index contributed by atoms with van der Waals surface area (Å²) in [5, 5.41) is 28.1. The highest BCUT2D eigenvalue weighted by Crippen LogP contribution is 2.28. The minimum atomic E-state index is -1.26. The fourth-order valence-corrected chi connectivity index (χ4v) is 1.64. The molecule has 10 heteroatoms. The summed E-state index contributed by atoms with van der Waals surface area (Å²) in [7, 11) is 3.05. The molecular weight excluding hydrogens is 348 g/mol. The molecule has 10 nitrogen and oxygen atoms in total. The number of amides is 1. The summed E-state index contributed by atoms with van der Waals surface area (Å²) in [6, 6.07) is 5.09. The van der Waals surface area contributed by atoms with Gasteiger partial charge < -0.3 is 35.8 Å². The number of aliphatic hydroxyl groups excluding tert-OH is 1. The molecule has 0 radical (unpaired) electrons. The van der Waals surface area contributed by atoms with Crippen LogP contribution < -0.4 is 20.5 Å². The smallest absolute Gasteiger partial charge is 0.328 e. The molecule has 0 heterocycles. The van der Waals surface area contributed by atoms with Crippen LogP contribution in [0.4, 0.5) is 0 Å². The molecule has 1 rings (SSSR count). The van der Waals surface area contributed by atoms with Gasteiger partial charge in [-0.3, -0.25) is 4.79 Å². The van der Waals surface area contributed by atoms with Crippen LogP contribution in [-0.4, -0.2) is 60.5 Å². The highest BCUT2D eigenvalue weighted by atomic mass is 16.5. The minimum absolute atomic E-state index is 0.0690. The van der Waals surface area contributed by atoms with E-state index in [0.29, 0.717) is 29.2 Å². The van der Waals surface area contributed by atoms with Gasteiger partial charge in [0.05, 0.1) is 26.9 Å². The first-order valence-corrected chi connectivity index (χ1v) is 7.25. The number of carbonyl (C=O) groups excluding carboxylic acids is 1.